The van der Waals surface area contributed by atoms with Crippen molar-refractivity contribution in [2.75, 3.05) is 36.5 Å². The van der Waals surface area contributed by atoms with Crippen LogP contribution in [0.1, 0.15) is 40.3 Å². The highest BCUT2D eigenvalue weighted by atomic mass is 35.5. The third-order valence-electron chi connectivity index (χ3n) is 6.10. The SMILES string of the molecule is Cc1cc([C@@H](C)Nc2ccc(Cl)nc2C(=O)O)c2nc(N3CC4(COC4)C3)c(C#N)nc2c1. The first-order valence-electron chi connectivity index (χ1n) is 10.5. The molecule has 1 aromatic carbocycles. The van der Waals surface area contributed by atoms with Crippen molar-refractivity contribution in [1.82, 2.24) is 15.0 Å². The lowest BCUT2D eigenvalue weighted by Crippen LogP contribution is -2.66. The number of ether oxygens (including phenoxy) is 1. The Morgan fingerprint density at radius 2 is 2.06 bits per heavy atom. The molecule has 2 aliphatic rings. The summed E-state index contributed by atoms with van der Waals surface area (Å²) in [5.74, 6) is -0.604. The molecule has 3 aromatic rings. The van der Waals surface area contributed by atoms with Gasteiger partial charge in [-0.15, -0.1) is 0 Å². The summed E-state index contributed by atoms with van der Waals surface area (Å²) in [6.07, 6.45) is 0. The Bertz CT molecular complexity index is 1330. The molecule has 1 atom stereocenters. The van der Waals surface area contributed by atoms with Gasteiger partial charge in [0.05, 0.1) is 41.4 Å². The van der Waals surface area contributed by atoms with Crippen molar-refractivity contribution in [3.05, 3.63) is 51.9 Å². The normalized spacial score (nSPS) is 17.2. The standard InChI is InChI=1S/C23H21ClN6O3/c1-12-5-14(13(2)26-15-3-4-18(24)28-20(15)22(31)32)19-16(6-12)27-17(7-25)21(29-19)30-8-23(9-30)10-33-11-23/h3-6,13,26H,8-11H2,1-2H3,(H,31,32)/t13-/m1/s1. The van der Waals surface area contributed by atoms with Crippen LogP contribution in [-0.2, 0) is 4.74 Å². The maximum atomic E-state index is 11.6. The monoisotopic (exact) mass is 464 g/mol. The van der Waals surface area contributed by atoms with Crippen molar-refractivity contribution in [3.8, 4) is 6.07 Å². The van der Waals surface area contributed by atoms with Crippen LogP contribution in [0.3, 0.4) is 0 Å². The van der Waals surface area contributed by atoms with E-state index in [0.29, 0.717) is 28.2 Å². The van der Waals surface area contributed by atoms with E-state index in [1.54, 1.807) is 12.1 Å². The maximum Gasteiger partial charge on any atom is 0.356 e. The number of rotatable bonds is 5. The largest absolute Gasteiger partial charge is 0.476 e. The number of nitriles is 1. The number of aromatic nitrogens is 3. The summed E-state index contributed by atoms with van der Waals surface area (Å²) in [6.45, 7) is 6.90. The van der Waals surface area contributed by atoms with Gasteiger partial charge in [-0.3, -0.25) is 0 Å². The highest BCUT2D eigenvalue weighted by Crippen LogP contribution is 2.41. The molecular formula is C23H21ClN6O3. The molecule has 10 heteroatoms. The molecule has 168 valence electrons. The number of hydrogen-bond acceptors (Lipinski definition) is 8. The Balaban J connectivity index is 1.54. The summed E-state index contributed by atoms with van der Waals surface area (Å²) in [6, 6.07) is 8.89. The number of pyridine rings is 1. The molecule has 0 bridgehead atoms. The smallest absolute Gasteiger partial charge is 0.356 e. The van der Waals surface area contributed by atoms with Crippen LogP contribution >= 0.6 is 11.6 Å². The number of carbonyl (C=O) groups is 1. The molecule has 5 rings (SSSR count). The lowest BCUT2D eigenvalue weighted by atomic mass is 9.78. The third kappa shape index (κ3) is 3.71. The fourth-order valence-corrected chi connectivity index (χ4v) is 4.61. The third-order valence-corrected chi connectivity index (χ3v) is 6.31. The van der Waals surface area contributed by atoms with Crippen LogP contribution in [0.5, 0.6) is 0 Å². The number of fused-ring (bicyclic) bond motifs is 1. The van der Waals surface area contributed by atoms with Crippen LogP contribution in [0.4, 0.5) is 11.5 Å². The second kappa shape index (κ2) is 7.83. The van der Waals surface area contributed by atoms with Crippen molar-refractivity contribution in [1.29, 1.82) is 5.26 Å². The predicted molar refractivity (Wildman–Crippen MR) is 123 cm³/mol. The quantitative estimate of drug-likeness (QED) is 0.545. The Morgan fingerprint density at radius 3 is 2.70 bits per heavy atom. The van der Waals surface area contributed by atoms with Gasteiger partial charge in [-0.05, 0) is 37.6 Å². The molecule has 0 aliphatic carbocycles. The number of anilines is 2. The summed E-state index contributed by atoms with van der Waals surface area (Å²) in [4.78, 5) is 27.1. The van der Waals surface area contributed by atoms with E-state index in [1.807, 2.05) is 26.0 Å². The minimum atomic E-state index is -1.17. The number of nitrogens with zero attached hydrogens (tertiary/aromatic N) is 5. The molecule has 1 spiro atoms. The van der Waals surface area contributed by atoms with E-state index in [-0.39, 0.29) is 22.3 Å². The summed E-state index contributed by atoms with van der Waals surface area (Å²) in [5, 5.41) is 22.6. The van der Waals surface area contributed by atoms with E-state index in [2.05, 4.69) is 26.3 Å². The molecular weight excluding hydrogens is 444 g/mol. The molecule has 2 fully saturated rings. The Hall–Kier alpha value is -3.48. The minimum absolute atomic E-state index is 0.107. The second-order valence-electron chi connectivity index (χ2n) is 8.78. The van der Waals surface area contributed by atoms with E-state index in [4.69, 9.17) is 21.3 Å². The molecule has 0 unspecified atom stereocenters. The predicted octanol–water partition coefficient (Wildman–Crippen LogP) is 3.57. The number of halogens is 1. The van der Waals surface area contributed by atoms with Gasteiger partial charge in [-0.25, -0.2) is 19.7 Å². The van der Waals surface area contributed by atoms with Crippen LogP contribution in [0.15, 0.2) is 24.3 Å². The second-order valence-corrected chi connectivity index (χ2v) is 9.17. The zero-order valence-corrected chi connectivity index (χ0v) is 18.8. The fourth-order valence-electron chi connectivity index (χ4n) is 4.46. The van der Waals surface area contributed by atoms with Gasteiger partial charge in [0.15, 0.2) is 17.2 Å². The van der Waals surface area contributed by atoms with Gasteiger partial charge >= 0.3 is 5.97 Å². The summed E-state index contributed by atoms with van der Waals surface area (Å²) in [7, 11) is 0. The lowest BCUT2D eigenvalue weighted by molar-refractivity contribution is -0.127. The Kier molecular flexibility index (Phi) is 5.07. The molecule has 4 heterocycles. The average Bonchev–Trinajstić information content (AvgIpc) is 2.71. The van der Waals surface area contributed by atoms with Gasteiger partial charge in [0.25, 0.3) is 0 Å². The van der Waals surface area contributed by atoms with Gasteiger partial charge in [0.1, 0.15) is 11.2 Å². The topological polar surface area (TPSA) is 124 Å². The van der Waals surface area contributed by atoms with Crippen molar-refractivity contribution < 1.29 is 14.6 Å². The zero-order valence-electron chi connectivity index (χ0n) is 18.1. The summed E-state index contributed by atoms with van der Waals surface area (Å²) < 4.78 is 5.35. The van der Waals surface area contributed by atoms with E-state index >= 15 is 0 Å². The molecule has 9 nitrogen and oxygen atoms in total. The number of carboxylic acids is 1. The van der Waals surface area contributed by atoms with E-state index in [9.17, 15) is 15.2 Å². The first-order chi connectivity index (χ1) is 15.8. The fraction of sp³-hybridized carbons (Fsp3) is 0.348. The minimum Gasteiger partial charge on any atom is -0.476 e. The molecule has 2 N–H and O–H groups in total. The van der Waals surface area contributed by atoms with E-state index in [1.165, 1.54) is 0 Å². The number of nitrogens with one attached hydrogen (secondary N) is 1. The molecule has 0 amide bonds. The van der Waals surface area contributed by atoms with Gasteiger partial charge in [-0.1, -0.05) is 17.7 Å². The number of carboxylic acid groups (broad SMARTS) is 1. The zero-order chi connectivity index (χ0) is 23.3. The van der Waals surface area contributed by atoms with E-state index < -0.39 is 5.97 Å². The van der Waals surface area contributed by atoms with Crippen LogP contribution in [0.2, 0.25) is 5.15 Å². The lowest BCUT2D eigenvalue weighted by Gasteiger charge is -2.55. The molecule has 2 saturated heterocycles. The van der Waals surface area contributed by atoms with Gasteiger partial charge in [-0.2, -0.15) is 5.26 Å². The molecule has 0 saturated carbocycles. The highest BCUT2D eigenvalue weighted by molar-refractivity contribution is 6.29. The maximum absolute atomic E-state index is 11.6. The van der Waals surface area contributed by atoms with Crippen molar-refractivity contribution in [3.63, 3.8) is 0 Å². The van der Waals surface area contributed by atoms with E-state index in [0.717, 1.165) is 37.4 Å². The highest BCUT2D eigenvalue weighted by Gasteiger charge is 2.50. The molecule has 2 aliphatic heterocycles. The Labute approximate surface area is 195 Å². The number of benzene rings is 1. The first-order valence-corrected chi connectivity index (χ1v) is 10.9. The molecule has 0 radical (unpaired) electrons. The molecule has 2 aromatic heterocycles. The van der Waals surface area contributed by atoms with Crippen molar-refractivity contribution in [2.45, 2.75) is 19.9 Å². The Morgan fingerprint density at radius 1 is 1.30 bits per heavy atom. The average molecular weight is 465 g/mol. The van der Waals surface area contributed by atoms with Gasteiger partial charge in [0, 0.05) is 18.7 Å². The van der Waals surface area contributed by atoms with Crippen molar-refractivity contribution >= 4 is 40.1 Å². The summed E-state index contributed by atoms with van der Waals surface area (Å²) >= 11 is 5.88. The van der Waals surface area contributed by atoms with Crippen LogP contribution in [0, 0.1) is 23.7 Å². The van der Waals surface area contributed by atoms with Crippen LogP contribution < -0.4 is 10.2 Å². The first kappa shape index (κ1) is 21.4. The van der Waals surface area contributed by atoms with Crippen LogP contribution in [0.25, 0.3) is 11.0 Å². The molecule has 33 heavy (non-hydrogen) atoms. The van der Waals surface area contributed by atoms with Gasteiger partial charge in [0.2, 0.25) is 0 Å². The van der Waals surface area contributed by atoms with Crippen LogP contribution in [-0.4, -0.2) is 52.3 Å². The van der Waals surface area contributed by atoms with Gasteiger partial charge < -0.3 is 20.1 Å². The summed E-state index contributed by atoms with van der Waals surface area (Å²) in [5.41, 5.74) is 3.75. The number of aryl methyl sites for hydroxylation is 1. The van der Waals surface area contributed by atoms with Crippen molar-refractivity contribution in [2.24, 2.45) is 5.41 Å². The number of aromatic carboxylic acids is 1. The number of hydrogen-bond donors (Lipinski definition) is 2.